The van der Waals surface area contributed by atoms with Crippen molar-refractivity contribution in [1.82, 2.24) is 51.5 Å². The number of hydrogen-bond donors (Lipinski definition) is 10. The van der Waals surface area contributed by atoms with Crippen LogP contribution in [-0.2, 0) is 99.5 Å². The van der Waals surface area contributed by atoms with E-state index in [4.69, 9.17) is 46.4 Å². The predicted octanol–water partition coefficient (Wildman–Crippen LogP) is 4.61. The predicted molar refractivity (Wildman–Crippen MR) is 438 cm³/mol. The van der Waals surface area contributed by atoms with Crippen molar-refractivity contribution in [2.45, 2.75) is 185 Å². The Hall–Kier alpha value is -8.91. The molecule has 7 rings (SSSR count). The highest BCUT2D eigenvalue weighted by Crippen LogP contribution is 2.35. The summed E-state index contributed by atoms with van der Waals surface area (Å²) in [6.45, 7) is 8.85. The van der Waals surface area contributed by atoms with E-state index in [0.29, 0.717) is 50.7 Å². The van der Waals surface area contributed by atoms with Gasteiger partial charge in [0, 0.05) is 98.6 Å². The first kappa shape index (κ1) is 94.2. The minimum Gasteiger partial charge on any atom is -0.394 e. The van der Waals surface area contributed by atoms with Gasteiger partial charge < -0.3 is 71.9 Å². The van der Waals surface area contributed by atoms with Crippen LogP contribution in [0.3, 0.4) is 0 Å². The summed E-state index contributed by atoms with van der Waals surface area (Å²) in [7, 11) is -0.331. The molecule has 0 saturated carbocycles. The zero-order valence-electron chi connectivity index (χ0n) is 66.6. The van der Waals surface area contributed by atoms with Gasteiger partial charge in [0.15, 0.2) is 5.78 Å². The van der Waals surface area contributed by atoms with Crippen molar-refractivity contribution in [3.8, 4) is 0 Å². The van der Waals surface area contributed by atoms with Crippen LogP contribution in [-0.4, -0.2) is 245 Å². The zero-order chi connectivity index (χ0) is 85.8. The molecule has 2 fully saturated rings. The Morgan fingerprint density at radius 3 is 1.44 bits per heavy atom. The molecule has 28 nitrogen and oxygen atoms in total. The summed E-state index contributed by atoms with van der Waals surface area (Å²) in [6, 6.07) is 17.1. The Labute approximate surface area is 696 Å². The van der Waals surface area contributed by atoms with Crippen molar-refractivity contribution < 1.29 is 86.4 Å². The topological polar surface area (TPSA) is 405 Å². The first-order valence-corrected chi connectivity index (χ1v) is 41.9. The first-order chi connectivity index (χ1) is 54.5. The highest BCUT2D eigenvalue weighted by Gasteiger charge is 2.44. The number of hydrogen-bond acceptors (Lipinski definition) is 18. The van der Waals surface area contributed by atoms with Gasteiger partial charge in [-0.3, -0.25) is 57.5 Å². The average molecular weight is 1710 g/mol. The van der Waals surface area contributed by atoms with Gasteiger partial charge >= 0.3 is 0 Å². The Morgan fingerprint density at radius 2 is 0.940 bits per heavy atom. The summed E-state index contributed by atoms with van der Waals surface area (Å²) in [6.07, 6.45) is -7.95. The molecule has 2 heterocycles. The van der Waals surface area contributed by atoms with Crippen molar-refractivity contribution in [3.05, 3.63) is 175 Å². The van der Waals surface area contributed by atoms with E-state index >= 15 is 43.2 Å². The number of aliphatic hydroxyl groups excluding tert-OH is 4. The van der Waals surface area contributed by atoms with Crippen LogP contribution in [0.4, 0.5) is 0 Å². The van der Waals surface area contributed by atoms with E-state index in [-0.39, 0.29) is 66.6 Å². The van der Waals surface area contributed by atoms with Crippen LogP contribution in [0.1, 0.15) is 108 Å². The van der Waals surface area contributed by atoms with Gasteiger partial charge in [0.05, 0.1) is 49.1 Å². The quantitative estimate of drug-likeness (QED) is 0.0572. The van der Waals surface area contributed by atoms with Gasteiger partial charge in [-0.1, -0.05) is 146 Å². The third kappa shape index (κ3) is 27.6. The number of ketones is 2. The number of sulfone groups is 1. The average Bonchev–Trinajstić information content (AvgIpc) is 0.806. The van der Waals surface area contributed by atoms with Gasteiger partial charge in [0.25, 0.3) is 0 Å². The number of carbonyl (C=O) groups excluding carboxylic acids is 12. The van der Waals surface area contributed by atoms with Crippen LogP contribution < -0.4 is 31.9 Å². The van der Waals surface area contributed by atoms with Gasteiger partial charge in [-0.05, 0) is 141 Å². The van der Waals surface area contributed by atoms with Crippen LogP contribution >= 0.6 is 46.4 Å². The van der Waals surface area contributed by atoms with Gasteiger partial charge in [0.1, 0.15) is 64.0 Å². The standard InChI is InChI=1S/C83H106Cl4N10O18S/c1-47(99)61-44-70(103)66(40-51-22-26-57(84)27-23-51)94(7)80(111)63(39-54-19-15-21-60(87)38-54)91-76(107)67(42-52-24-28-58(85)29-25-52)96(9)82(113)73(49(3)101)93-77(108)68(41-50-16-12-11-13-17-50)95(8)79(110)62(32-35-116(10,114)115)89-78(109)72(48(2)100)92-75(106)65(46-98)88-71(104)45-64(81(112)97-33-30-56(31-34-97)83(4,5)6)90-74(105)55(43-69(61)102)36-53-18-14-20-59(86)37-53/h11-29,37-38,47-49,55-56,61-68,72-73,98-101H,30-36,39-46H2,1-10H3,(H,88,104)(H,89,109)(H,90,105)(H,91,107)(H,92,106)(H,93,108)/t47-,48-,49-,55-,61+,62+,63+,64+,65+,66+,67+,68+,72+,73+/m1/s1. The molecule has 630 valence electrons. The summed E-state index contributed by atoms with van der Waals surface area (Å²) in [4.78, 5) is 186. The van der Waals surface area contributed by atoms with E-state index in [2.05, 4.69) is 52.7 Å². The number of piperidine rings is 1. The SMILES string of the molecule is C[C@@H](O)[C@@H]1CC(=O)[C@H](Cc2ccc(Cl)cc2)N(C)C(=O)[C@H](Cc2cccc(Cl)c2)NC(=O)[C@H](Cc2ccc(Cl)cc2)N(C)C(=O)[C@H]([C@@H](C)O)NC(=O)[C@H](Cc2ccccc2)N(C)C(=O)[C@H](CCS(C)(=O)=O)NC(=O)[C@H]([C@@H](C)O)NC(=O)[C@H](CO)NC(=O)C[C@@H](C(=O)N2CCC(C(C)(C)C)CC2)NC(=O)[C@H](Cc2cccc(Cl)c2)CC1=O. The lowest BCUT2D eigenvalue weighted by Crippen LogP contribution is -2.63. The summed E-state index contributed by atoms with van der Waals surface area (Å²) in [5, 5.41) is 61.6. The second kappa shape index (κ2) is 43.0. The fourth-order valence-corrected chi connectivity index (χ4v) is 15.6. The van der Waals surface area contributed by atoms with Gasteiger partial charge in [-0.2, -0.15) is 0 Å². The number of carbonyl (C=O) groups is 12. The number of nitrogens with zero attached hydrogens (tertiary/aromatic N) is 4. The molecule has 10 amide bonds. The van der Waals surface area contributed by atoms with Crippen molar-refractivity contribution in [3.63, 3.8) is 0 Å². The molecule has 0 bridgehead atoms. The molecule has 0 aromatic heterocycles. The van der Waals surface area contributed by atoms with Gasteiger partial charge in [0.2, 0.25) is 59.1 Å². The lowest BCUT2D eigenvalue weighted by atomic mass is 9.75. The third-order valence-electron chi connectivity index (χ3n) is 21.3. The van der Waals surface area contributed by atoms with Gasteiger partial charge in [-0.25, -0.2) is 8.42 Å². The van der Waals surface area contributed by atoms with E-state index in [9.17, 15) is 43.2 Å². The van der Waals surface area contributed by atoms with Crippen molar-refractivity contribution in [2.75, 3.05) is 52.8 Å². The molecule has 2 aliphatic rings. The van der Waals surface area contributed by atoms with Crippen molar-refractivity contribution >= 4 is 127 Å². The zero-order valence-corrected chi connectivity index (χ0v) is 70.4. The Kier molecular flexibility index (Phi) is 34.9. The molecule has 116 heavy (non-hydrogen) atoms. The number of halogens is 4. The molecular formula is C83H106Cl4N10O18S. The number of aliphatic hydroxyl groups is 4. The lowest BCUT2D eigenvalue weighted by molar-refractivity contribution is -0.147. The normalized spacial score (nSPS) is 24.4. The molecule has 0 aliphatic carbocycles. The molecule has 5 aromatic rings. The largest absolute Gasteiger partial charge is 0.394 e. The monoisotopic (exact) mass is 1700 g/mol. The maximum absolute atomic E-state index is 15.8. The maximum Gasteiger partial charge on any atom is 0.248 e. The summed E-state index contributed by atoms with van der Waals surface area (Å²) in [5.41, 5.74) is 1.94. The Morgan fingerprint density at radius 1 is 0.474 bits per heavy atom. The fraction of sp³-hybridized carbons (Fsp3) is 0.494. The first-order valence-electron chi connectivity index (χ1n) is 38.3. The smallest absolute Gasteiger partial charge is 0.248 e. The molecule has 2 saturated heterocycles. The van der Waals surface area contributed by atoms with Crippen LogP contribution in [0.2, 0.25) is 20.1 Å². The third-order valence-corrected chi connectivity index (χ3v) is 23.3. The number of likely N-dealkylation sites (N-methyl/N-ethyl adjacent to an activating group) is 3. The Balaban J connectivity index is 1.40. The van der Waals surface area contributed by atoms with Crippen LogP contribution in [0.15, 0.2) is 127 Å². The number of Topliss-reactive ketones (excluding diaryl/α,β-unsaturated/α-hetero) is 2. The molecule has 5 aromatic carbocycles. The number of benzene rings is 5. The van der Waals surface area contributed by atoms with E-state index in [1.54, 1.807) is 103 Å². The van der Waals surface area contributed by atoms with E-state index in [1.807, 2.05) is 0 Å². The van der Waals surface area contributed by atoms with Gasteiger partial charge in [-0.15, -0.1) is 0 Å². The maximum atomic E-state index is 15.8. The summed E-state index contributed by atoms with van der Waals surface area (Å²) >= 11 is 25.8. The molecule has 33 heteroatoms. The molecule has 2 aliphatic heterocycles. The van der Waals surface area contributed by atoms with E-state index in [0.717, 1.165) is 34.9 Å². The fourth-order valence-electron chi connectivity index (χ4n) is 14.3. The molecule has 0 radical (unpaired) electrons. The molecule has 0 spiro atoms. The number of likely N-dealkylation sites (tertiary alicyclic amines) is 1. The summed E-state index contributed by atoms with van der Waals surface area (Å²) < 4.78 is 25.8. The molecule has 0 unspecified atom stereocenters. The second-order valence-electron chi connectivity index (χ2n) is 31.3. The summed E-state index contributed by atoms with van der Waals surface area (Å²) in [5.74, 6) is -16.0. The number of nitrogens with one attached hydrogen (secondary N) is 6. The molecule has 14 atom stereocenters. The Bertz CT molecular complexity index is 4420. The van der Waals surface area contributed by atoms with Crippen LogP contribution in [0.25, 0.3) is 0 Å². The molecular weight excluding hydrogens is 1600 g/mol. The highest BCUT2D eigenvalue weighted by atomic mass is 35.5. The van der Waals surface area contributed by atoms with Crippen LogP contribution in [0.5, 0.6) is 0 Å². The number of rotatable bonds is 18. The minimum absolute atomic E-state index is 0.153. The molecule has 10 N–H and O–H groups in total. The lowest BCUT2D eigenvalue weighted by Gasteiger charge is -2.40. The number of amides is 10. The van der Waals surface area contributed by atoms with Crippen molar-refractivity contribution in [1.29, 1.82) is 0 Å². The van der Waals surface area contributed by atoms with Crippen LogP contribution in [0, 0.1) is 23.2 Å². The van der Waals surface area contributed by atoms with Crippen molar-refractivity contribution in [2.24, 2.45) is 23.2 Å². The minimum atomic E-state index is -3.98. The second-order valence-corrected chi connectivity index (χ2v) is 35.3. The van der Waals surface area contributed by atoms with E-state index in [1.165, 1.54) is 57.1 Å². The highest BCUT2D eigenvalue weighted by molar-refractivity contribution is 7.90. The van der Waals surface area contributed by atoms with E-state index < -0.39 is 203 Å².